The molecule has 3 rings (SSSR count). The van der Waals surface area contributed by atoms with Crippen LogP contribution in [0.3, 0.4) is 0 Å². The highest BCUT2D eigenvalue weighted by atomic mass is 16.4. The lowest BCUT2D eigenvalue weighted by Gasteiger charge is -2.27. The van der Waals surface area contributed by atoms with E-state index in [0.717, 1.165) is 88.8 Å². The van der Waals surface area contributed by atoms with Gasteiger partial charge in [0.15, 0.2) is 0 Å². The van der Waals surface area contributed by atoms with Gasteiger partial charge in [0, 0.05) is 39.1 Å². The van der Waals surface area contributed by atoms with E-state index in [1.165, 1.54) is 5.56 Å². The second kappa shape index (κ2) is 15.6. The number of rotatable bonds is 18. The molecule has 1 aromatic carbocycles. The van der Waals surface area contributed by atoms with Gasteiger partial charge in [0.1, 0.15) is 17.7 Å². The highest BCUT2D eigenvalue weighted by Crippen LogP contribution is 2.15. The number of amidine groups is 1. The van der Waals surface area contributed by atoms with Crippen LogP contribution in [0.2, 0.25) is 0 Å². The third kappa shape index (κ3) is 9.53. The fourth-order valence-corrected chi connectivity index (χ4v) is 5.13. The third-order valence-electron chi connectivity index (χ3n) is 7.17. The molecule has 2 aromatic rings. The maximum absolute atomic E-state index is 12.0. The minimum absolute atomic E-state index is 0.479. The van der Waals surface area contributed by atoms with Crippen LogP contribution < -0.4 is 0 Å². The number of aromatic nitrogens is 2. The molecule has 210 valence electrons. The van der Waals surface area contributed by atoms with Crippen molar-refractivity contribution in [3.8, 4) is 0 Å². The molecule has 0 spiro atoms. The number of aliphatic carboxylic acids is 1. The van der Waals surface area contributed by atoms with E-state index in [1.807, 2.05) is 18.1 Å². The van der Waals surface area contributed by atoms with Gasteiger partial charge in [0.2, 0.25) is 0 Å². The predicted molar refractivity (Wildman–Crippen MR) is 153 cm³/mol. The first-order chi connectivity index (χ1) is 18.4. The van der Waals surface area contributed by atoms with Crippen LogP contribution in [0.25, 0.3) is 0 Å². The number of aliphatic imine (C=N–C) groups is 1. The minimum atomic E-state index is -0.741. The number of nitrogens with zero attached hydrogens (tertiary/aromatic N) is 6. The van der Waals surface area contributed by atoms with Gasteiger partial charge in [-0.3, -0.25) is 19.6 Å². The van der Waals surface area contributed by atoms with E-state index in [0.29, 0.717) is 13.0 Å². The molecule has 0 aliphatic carbocycles. The first kappa shape index (κ1) is 29.8. The molecule has 1 atom stereocenters. The van der Waals surface area contributed by atoms with E-state index in [1.54, 1.807) is 6.20 Å². The van der Waals surface area contributed by atoms with Crippen LogP contribution in [0.1, 0.15) is 56.5 Å². The Morgan fingerprint density at radius 1 is 1.03 bits per heavy atom. The summed E-state index contributed by atoms with van der Waals surface area (Å²) < 4.78 is 0. The maximum atomic E-state index is 12.0. The number of H-pyrrole nitrogens is 1. The zero-order valence-electron chi connectivity index (χ0n) is 23.8. The lowest BCUT2D eigenvalue weighted by atomic mass is 10.1. The molecule has 1 aliphatic heterocycles. The first-order valence-corrected chi connectivity index (χ1v) is 14.1. The number of hydrogen-bond donors (Lipinski definition) is 2. The van der Waals surface area contributed by atoms with Gasteiger partial charge >= 0.3 is 5.97 Å². The minimum Gasteiger partial charge on any atom is -0.480 e. The van der Waals surface area contributed by atoms with Crippen LogP contribution in [-0.4, -0.2) is 106 Å². The Morgan fingerprint density at radius 3 is 2.26 bits per heavy atom. The Labute approximate surface area is 228 Å². The number of likely N-dealkylation sites (N-methyl/N-ethyl adjacent to an activating group) is 2. The zero-order valence-corrected chi connectivity index (χ0v) is 23.8. The quantitative estimate of drug-likeness (QED) is 0.308. The predicted octanol–water partition coefficient (Wildman–Crippen LogP) is 3.54. The number of nitrogens with one attached hydrogen (secondary N) is 1. The summed E-state index contributed by atoms with van der Waals surface area (Å²) in [6.45, 7) is 12.2. The number of imidazole rings is 1. The van der Waals surface area contributed by atoms with Crippen LogP contribution in [0, 0.1) is 0 Å². The summed E-state index contributed by atoms with van der Waals surface area (Å²) in [6, 6.07) is 8.08. The normalized spacial score (nSPS) is 14.6. The van der Waals surface area contributed by atoms with Crippen molar-refractivity contribution in [3.05, 3.63) is 53.6 Å². The average Bonchev–Trinajstić information content (AvgIpc) is 3.54. The molecule has 0 saturated carbocycles. The van der Waals surface area contributed by atoms with Gasteiger partial charge in [-0.15, -0.1) is 0 Å². The molecular weight excluding hydrogens is 478 g/mol. The summed E-state index contributed by atoms with van der Waals surface area (Å²) in [5, 5.41) is 9.90. The van der Waals surface area contributed by atoms with Crippen molar-refractivity contribution in [1.82, 2.24) is 29.6 Å². The van der Waals surface area contributed by atoms with Gasteiger partial charge in [0.25, 0.3) is 0 Å². The maximum Gasteiger partial charge on any atom is 0.320 e. The summed E-state index contributed by atoms with van der Waals surface area (Å²) in [5.74, 6) is 1.31. The number of carboxylic acids is 1. The largest absolute Gasteiger partial charge is 0.480 e. The number of carboxylic acid groups (broad SMARTS) is 1. The molecule has 0 amide bonds. The van der Waals surface area contributed by atoms with E-state index in [2.05, 4.69) is 74.8 Å². The van der Waals surface area contributed by atoms with E-state index < -0.39 is 12.0 Å². The Morgan fingerprint density at radius 2 is 1.71 bits per heavy atom. The number of carbonyl (C=O) groups is 1. The van der Waals surface area contributed by atoms with Gasteiger partial charge in [-0.1, -0.05) is 38.1 Å². The summed E-state index contributed by atoms with van der Waals surface area (Å²) in [7, 11) is 4.02. The zero-order chi connectivity index (χ0) is 27.3. The number of hydrogen-bond acceptors (Lipinski definition) is 7. The van der Waals surface area contributed by atoms with Crippen molar-refractivity contribution < 1.29 is 9.90 Å². The average molecular weight is 526 g/mol. The molecule has 0 radical (unpaired) electrons. The Bertz CT molecular complexity index is 971. The fourth-order valence-electron chi connectivity index (χ4n) is 5.13. The summed E-state index contributed by atoms with van der Waals surface area (Å²) >= 11 is 0. The monoisotopic (exact) mass is 525 g/mol. The van der Waals surface area contributed by atoms with Gasteiger partial charge in [0.05, 0.1) is 19.6 Å². The number of benzene rings is 1. The molecule has 9 heteroatoms. The lowest BCUT2D eigenvalue weighted by Crippen LogP contribution is -2.39. The summed E-state index contributed by atoms with van der Waals surface area (Å²) in [6.07, 6.45) is 7.46. The Kier molecular flexibility index (Phi) is 12.2. The van der Waals surface area contributed by atoms with Crippen LogP contribution in [0.5, 0.6) is 0 Å². The van der Waals surface area contributed by atoms with Crippen LogP contribution in [0.4, 0.5) is 0 Å². The van der Waals surface area contributed by atoms with E-state index in [4.69, 9.17) is 0 Å². The topological polar surface area (TPSA) is 91.3 Å². The summed E-state index contributed by atoms with van der Waals surface area (Å²) in [5.41, 5.74) is 2.34. The molecule has 2 heterocycles. The van der Waals surface area contributed by atoms with Gasteiger partial charge in [-0.2, -0.15) is 0 Å². The fraction of sp³-hybridized carbons (Fsp3) is 0.621. The van der Waals surface area contributed by atoms with Crippen LogP contribution >= 0.6 is 0 Å². The molecule has 0 bridgehead atoms. The van der Waals surface area contributed by atoms with Crippen molar-refractivity contribution in [2.75, 3.05) is 53.4 Å². The highest BCUT2D eigenvalue weighted by Gasteiger charge is 2.23. The van der Waals surface area contributed by atoms with Gasteiger partial charge in [-0.25, -0.2) is 4.98 Å². The Hall–Kier alpha value is -2.75. The highest BCUT2D eigenvalue weighted by molar-refractivity contribution is 5.85. The van der Waals surface area contributed by atoms with Gasteiger partial charge < -0.3 is 19.9 Å². The molecule has 1 aromatic heterocycles. The lowest BCUT2D eigenvalue weighted by molar-refractivity contribution is -0.143. The molecule has 0 saturated heterocycles. The van der Waals surface area contributed by atoms with Crippen molar-refractivity contribution in [2.45, 2.75) is 65.2 Å². The second-order valence-corrected chi connectivity index (χ2v) is 10.5. The van der Waals surface area contributed by atoms with Crippen molar-refractivity contribution in [1.29, 1.82) is 0 Å². The van der Waals surface area contributed by atoms with Crippen LogP contribution in [-0.2, 0) is 24.4 Å². The Balaban J connectivity index is 1.56. The van der Waals surface area contributed by atoms with Crippen molar-refractivity contribution in [2.24, 2.45) is 4.99 Å². The summed E-state index contributed by atoms with van der Waals surface area (Å²) in [4.78, 5) is 33.3. The molecule has 0 unspecified atom stereocenters. The van der Waals surface area contributed by atoms with Gasteiger partial charge in [-0.05, 0) is 63.5 Å². The SMILES string of the molecule is CCCN(CCC)CCC[C@@H](C(=O)O)N(C)Cc1ccc(CN(CC2=NCCN2C)Cc2ncc[nH]2)cc1. The molecule has 38 heavy (non-hydrogen) atoms. The second-order valence-electron chi connectivity index (χ2n) is 10.5. The van der Waals surface area contributed by atoms with E-state index in [9.17, 15) is 9.90 Å². The van der Waals surface area contributed by atoms with Crippen LogP contribution in [0.15, 0.2) is 41.7 Å². The van der Waals surface area contributed by atoms with Crippen molar-refractivity contribution >= 4 is 11.8 Å². The van der Waals surface area contributed by atoms with Crippen molar-refractivity contribution in [3.63, 3.8) is 0 Å². The third-order valence-corrected chi connectivity index (χ3v) is 7.17. The molecular formula is C29H47N7O2. The van der Waals surface area contributed by atoms with E-state index >= 15 is 0 Å². The first-order valence-electron chi connectivity index (χ1n) is 14.1. The molecule has 2 N–H and O–H groups in total. The number of aromatic amines is 1. The molecule has 1 aliphatic rings. The van der Waals surface area contributed by atoms with E-state index in [-0.39, 0.29) is 0 Å². The molecule has 9 nitrogen and oxygen atoms in total. The molecule has 0 fully saturated rings. The smallest absolute Gasteiger partial charge is 0.320 e. The standard InChI is InChI=1S/C29H47N7O2/c1-5-16-35(17-6-2)18-7-8-26(29(37)38)34(4)20-24-9-11-25(12-10-24)21-36(22-27-30-13-14-31-27)23-28-32-15-19-33(28)3/h9-14,26H,5-8,15-23H2,1-4H3,(H,30,31)(H,37,38)/t26-/m0/s1.